The SMILES string of the molecule is O=C(O)C1CCCCCN1C(=O)CCN1CCSC1=O. The molecule has 0 bridgehead atoms. The van der Waals surface area contributed by atoms with E-state index < -0.39 is 12.0 Å². The standard InChI is InChI=1S/C13H20N2O4S/c16-11(5-7-14-8-9-20-13(14)19)15-6-3-1-2-4-10(15)12(17)18/h10H,1-9H2,(H,17,18). The van der Waals surface area contributed by atoms with E-state index in [0.29, 0.717) is 26.1 Å². The summed E-state index contributed by atoms with van der Waals surface area (Å²) in [5, 5.41) is 9.26. The van der Waals surface area contributed by atoms with Gasteiger partial charge in [-0.1, -0.05) is 24.6 Å². The van der Waals surface area contributed by atoms with E-state index in [1.165, 1.54) is 16.7 Å². The fourth-order valence-electron chi connectivity index (χ4n) is 2.67. The molecule has 112 valence electrons. The molecule has 0 aliphatic carbocycles. The molecule has 0 aromatic carbocycles. The van der Waals surface area contributed by atoms with E-state index in [0.717, 1.165) is 25.0 Å². The van der Waals surface area contributed by atoms with Crippen LogP contribution in [0.5, 0.6) is 0 Å². The lowest BCUT2D eigenvalue weighted by Crippen LogP contribution is -2.45. The van der Waals surface area contributed by atoms with Crippen LogP contribution in [0.15, 0.2) is 0 Å². The largest absolute Gasteiger partial charge is 0.480 e. The molecule has 7 heteroatoms. The van der Waals surface area contributed by atoms with Gasteiger partial charge in [0.05, 0.1) is 0 Å². The molecule has 0 spiro atoms. The molecule has 2 amide bonds. The van der Waals surface area contributed by atoms with E-state index in [1.807, 2.05) is 0 Å². The van der Waals surface area contributed by atoms with Gasteiger partial charge in [-0.2, -0.15) is 0 Å². The maximum Gasteiger partial charge on any atom is 0.326 e. The Morgan fingerprint density at radius 2 is 2.05 bits per heavy atom. The summed E-state index contributed by atoms with van der Waals surface area (Å²) in [5.41, 5.74) is 0. The second-order valence-corrected chi connectivity index (χ2v) is 6.19. The highest BCUT2D eigenvalue weighted by Crippen LogP contribution is 2.20. The maximum atomic E-state index is 12.2. The average Bonchev–Trinajstić information content (AvgIpc) is 2.67. The molecule has 0 radical (unpaired) electrons. The molecule has 0 aromatic rings. The number of carbonyl (C=O) groups is 3. The first-order valence-electron chi connectivity index (χ1n) is 7.03. The number of amides is 2. The molecule has 0 saturated carbocycles. The smallest absolute Gasteiger partial charge is 0.326 e. The van der Waals surface area contributed by atoms with Crippen molar-refractivity contribution in [2.75, 3.05) is 25.4 Å². The highest BCUT2D eigenvalue weighted by atomic mass is 32.2. The molecule has 2 saturated heterocycles. The fraction of sp³-hybridized carbons (Fsp3) is 0.769. The monoisotopic (exact) mass is 300 g/mol. The van der Waals surface area contributed by atoms with Crippen molar-refractivity contribution in [2.24, 2.45) is 0 Å². The Balaban J connectivity index is 1.91. The third-order valence-electron chi connectivity index (χ3n) is 3.80. The molecule has 0 aromatic heterocycles. The van der Waals surface area contributed by atoms with Crippen LogP contribution in [0.2, 0.25) is 0 Å². The fourth-order valence-corrected chi connectivity index (χ4v) is 3.52. The summed E-state index contributed by atoms with van der Waals surface area (Å²) < 4.78 is 0. The third kappa shape index (κ3) is 3.65. The van der Waals surface area contributed by atoms with Crippen molar-refractivity contribution in [1.29, 1.82) is 0 Å². The Labute approximate surface area is 122 Å². The van der Waals surface area contributed by atoms with Gasteiger partial charge in [0, 0.05) is 31.8 Å². The number of hydrogen-bond acceptors (Lipinski definition) is 4. The van der Waals surface area contributed by atoms with Gasteiger partial charge in [0.15, 0.2) is 0 Å². The predicted molar refractivity (Wildman–Crippen MR) is 75.6 cm³/mol. The lowest BCUT2D eigenvalue weighted by molar-refractivity contribution is -0.150. The van der Waals surface area contributed by atoms with Crippen molar-refractivity contribution in [3.63, 3.8) is 0 Å². The van der Waals surface area contributed by atoms with Crippen LogP contribution in [0.3, 0.4) is 0 Å². The number of likely N-dealkylation sites (tertiary alicyclic amines) is 1. The molecule has 2 heterocycles. The van der Waals surface area contributed by atoms with Crippen LogP contribution in [-0.2, 0) is 9.59 Å². The van der Waals surface area contributed by atoms with Gasteiger partial charge in [-0.15, -0.1) is 0 Å². The van der Waals surface area contributed by atoms with E-state index >= 15 is 0 Å². The highest BCUT2D eigenvalue weighted by Gasteiger charge is 2.31. The van der Waals surface area contributed by atoms with Crippen molar-refractivity contribution in [3.8, 4) is 0 Å². The first kappa shape index (κ1) is 15.2. The number of hydrogen-bond donors (Lipinski definition) is 1. The van der Waals surface area contributed by atoms with Gasteiger partial charge in [0.25, 0.3) is 5.24 Å². The van der Waals surface area contributed by atoms with Gasteiger partial charge in [-0.25, -0.2) is 4.79 Å². The van der Waals surface area contributed by atoms with Crippen molar-refractivity contribution < 1.29 is 19.5 Å². The van der Waals surface area contributed by atoms with E-state index in [-0.39, 0.29) is 17.6 Å². The highest BCUT2D eigenvalue weighted by molar-refractivity contribution is 8.13. The van der Waals surface area contributed by atoms with Crippen LogP contribution >= 0.6 is 11.8 Å². The molecule has 1 atom stereocenters. The van der Waals surface area contributed by atoms with Gasteiger partial charge < -0.3 is 14.9 Å². The lowest BCUT2D eigenvalue weighted by Gasteiger charge is -2.27. The number of thioether (sulfide) groups is 1. The van der Waals surface area contributed by atoms with Crippen molar-refractivity contribution in [1.82, 2.24) is 9.80 Å². The molecule has 6 nitrogen and oxygen atoms in total. The van der Waals surface area contributed by atoms with Gasteiger partial charge in [-0.3, -0.25) is 9.59 Å². The molecule has 2 aliphatic rings. The van der Waals surface area contributed by atoms with Crippen molar-refractivity contribution >= 4 is 28.9 Å². The number of rotatable bonds is 4. The van der Waals surface area contributed by atoms with E-state index in [1.54, 1.807) is 4.90 Å². The molecular weight excluding hydrogens is 280 g/mol. The molecule has 1 unspecified atom stereocenters. The summed E-state index contributed by atoms with van der Waals surface area (Å²) in [6.45, 7) is 1.59. The second kappa shape index (κ2) is 6.97. The minimum atomic E-state index is -0.923. The Morgan fingerprint density at radius 1 is 1.25 bits per heavy atom. The third-order valence-corrected chi connectivity index (χ3v) is 4.69. The van der Waals surface area contributed by atoms with Crippen LogP contribution in [0.1, 0.15) is 32.1 Å². The number of aliphatic carboxylic acids is 1. The molecule has 1 N–H and O–H groups in total. The van der Waals surface area contributed by atoms with Crippen molar-refractivity contribution in [2.45, 2.75) is 38.1 Å². The van der Waals surface area contributed by atoms with E-state index in [2.05, 4.69) is 0 Å². The zero-order chi connectivity index (χ0) is 14.5. The first-order valence-corrected chi connectivity index (χ1v) is 8.02. The van der Waals surface area contributed by atoms with E-state index in [9.17, 15) is 19.5 Å². The Kier molecular flexibility index (Phi) is 5.28. The van der Waals surface area contributed by atoms with Crippen LogP contribution in [0.25, 0.3) is 0 Å². The zero-order valence-electron chi connectivity index (χ0n) is 11.4. The summed E-state index contributed by atoms with van der Waals surface area (Å²) in [4.78, 5) is 38.1. The Morgan fingerprint density at radius 3 is 2.70 bits per heavy atom. The number of nitrogens with zero attached hydrogens (tertiary/aromatic N) is 2. The van der Waals surface area contributed by atoms with Crippen LogP contribution in [0, 0.1) is 0 Å². The van der Waals surface area contributed by atoms with Gasteiger partial charge in [0.1, 0.15) is 6.04 Å². The van der Waals surface area contributed by atoms with Crippen LogP contribution < -0.4 is 0 Å². The summed E-state index contributed by atoms with van der Waals surface area (Å²) >= 11 is 1.27. The van der Waals surface area contributed by atoms with E-state index in [4.69, 9.17) is 0 Å². The predicted octanol–water partition coefficient (Wildman–Crippen LogP) is 1.40. The normalized spacial score (nSPS) is 23.8. The van der Waals surface area contributed by atoms with Crippen LogP contribution in [0.4, 0.5) is 4.79 Å². The number of carboxylic acid groups (broad SMARTS) is 1. The molecule has 2 rings (SSSR count). The minimum Gasteiger partial charge on any atom is -0.480 e. The minimum absolute atomic E-state index is 0.0171. The summed E-state index contributed by atoms with van der Waals surface area (Å²) in [6, 6.07) is -0.700. The van der Waals surface area contributed by atoms with Gasteiger partial charge in [0.2, 0.25) is 5.91 Å². The molecule has 20 heavy (non-hydrogen) atoms. The Bertz CT molecular complexity index is 402. The molecule has 2 aliphatic heterocycles. The lowest BCUT2D eigenvalue weighted by atomic mass is 10.1. The first-order chi connectivity index (χ1) is 9.59. The number of carbonyl (C=O) groups excluding carboxylic acids is 2. The summed E-state index contributed by atoms with van der Waals surface area (Å²) in [6.07, 6.45) is 3.42. The summed E-state index contributed by atoms with van der Waals surface area (Å²) in [7, 11) is 0. The summed E-state index contributed by atoms with van der Waals surface area (Å²) in [5.74, 6) is -0.300. The zero-order valence-corrected chi connectivity index (χ0v) is 12.2. The molecular formula is C13H20N2O4S. The Hall–Kier alpha value is -1.24. The quantitative estimate of drug-likeness (QED) is 0.849. The topological polar surface area (TPSA) is 77.9 Å². The van der Waals surface area contributed by atoms with Crippen LogP contribution in [-0.4, -0.2) is 63.5 Å². The molecule has 2 fully saturated rings. The average molecular weight is 300 g/mol. The number of carboxylic acids is 1. The van der Waals surface area contributed by atoms with Crippen molar-refractivity contribution in [3.05, 3.63) is 0 Å². The maximum absolute atomic E-state index is 12.2. The van der Waals surface area contributed by atoms with Gasteiger partial charge >= 0.3 is 5.97 Å². The van der Waals surface area contributed by atoms with Gasteiger partial charge in [-0.05, 0) is 12.8 Å². The second-order valence-electron chi connectivity index (χ2n) is 5.14.